The van der Waals surface area contributed by atoms with Crippen molar-refractivity contribution in [1.29, 1.82) is 0 Å². The van der Waals surface area contributed by atoms with Crippen LogP contribution in [0.5, 0.6) is 0 Å². The molecule has 0 heterocycles. The quantitative estimate of drug-likeness (QED) is 0.582. The van der Waals surface area contributed by atoms with Gasteiger partial charge in [-0.15, -0.1) is 0 Å². The number of alkyl halides is 17. The Kier molecular flexibility index (Phi) is 6.08. The lowest BCUT2D eigenvalue weighted by Gasteiger charge is -2.49. The van der Waals surface area contributed by atoms with Crippen molar-refractivity contribution in [3.63, 3.8) is 0 Å². The highest BCUT2D eigenvalue weighted by Gasteiger charge is 3.03. The van der Waals surface area contributed by atoms with Gasteiger partial charge in [-0.05, 0) is 0 Å². The number of nitrogens with two attached hydrogens (primary N) is 1. The van der Waals surface area contributed by atoms with E-state index in [1.54, 1.807) is 0 Å². The fraction of sp³-hybridized carbons (Fsp3) is 1.00. The van der Waals surface area contributed by atoms with Crippen LogP contribution >= 0.6 is 0 Å². The topological polar surface area (TPSA) is 60.2 Å². The van der Waals surface area contributed by atoms with Gasteiger partial charge in [-0.3, -0.25) is 0 Å². The van der Waals surface area contributed by atoms with Gasteiger partial charge in [0.25, 0.3) is 10.0 Å². The summed E-state index contributed by atoms with van der Waals surface area (Å²) in [7, 11) is -8.02. The van der Waals surface area contributed by atoms with Crippen molar-refractivity contribution >= 4 is 10.0 Å². The minimum atomic E-state index is -9.33. The van der Waals surface area contributed by atoms with Crippen molar-refractivity contribution in [2.24, 2.45) is 10.6 Å². The van der Waals surface area contributed by atoms with Crippen molar-refractivity contribution in [3.8, 4) is 0 Å². The highest BCUT2D eigenvalue weighted by atomic mass is 32.2. The molecule has 29 heavy (non-hydrogen) atoms. The fourth-order valence-corrected chi connectivity index (χ4v) is 2.80. The molecule has 0 saturated carbocycles. The van der Waals surface area contributed by atoms with Crippen molar-refractivity contribution in [2.75, 3.05) is 0 Å². The normalized spacial score (nSPS) is 16.9. The SMILES string of the molecule is NS(=O)(=O)C(F)(F)C(C(F)(F)F)(C(F)(F)F)C(F)(F)C(F)(C(F)(F)F)C(F)(F)F. The molecule has 0 unspecified atom stereocenters. The molecule has 0 atom stereocenters. The smallest absolute Gasteiger partial charge is 0.223 e. The summed E-state index contributed by atoms with van der Waals surface area (Å²) in [5.41, 5.74) is -18.1. The van der Waals surface area contributed by atoms with E-state index in [1.165, 1.54) is 0 Å². The number of sulfonamides is 1. The van der Waals surface area contributed by atoms with Crippen LogP contribution in [0.25, 0.3) is 0 Å². The zero-order valence-electron chi connectivity index (χ0n) is 12.2. The fourth-order valence-electron chi connectivity index (χ4n) is 2.02. The van der Waals surface area contributed by atoms with E-state index in [2.05, 4.69) is 5.14 Å². The van der Waals surface area contributed by atoms with Gasteiger partial charge in [0.2, 0.25) is 0 Å². The Bertz CT molecular complexity index is 694. The standard InChI is InChI=1S/C8H2F17NO2S/c9-2(6(18,19)20,7(21,22)23)3(10,11)1(4(12,13)14,5(15,16)17)8(24,25)29(26,27)28/h(H2,26,27,28). The molecule has 176 valence electrons. The molecule has 2 N–H and O–H groups in total. The number of hydrogen-bond acceptors (Lipinski definition) is 2. The summed E-state index contributed by atoms with van der Waals surface area (Å²) < 4.78 is 240. The van der Waals surface area contributed by atoms with E-state index in [0.717, 1.165) is 0 Å². The molecule has 0 aromatic heterocycles. The van der Waals surface area contributed by atoms with Crippen LogP contribution in [0.3, 0.4) is 0 Å². The van der Waals surface area contributed by atoms with Crippen molar-refractivity contribution in [1.82, 2.24) is 0 Å². The Balaban J connectivity index is 8.14. The summed E-state index contributed by atoms with van der Waals surface area (Å²) in [4.78, 5) is 0. The molecular formula is C8H2F17NO2S. The molecule has 0 saturated heterocycles. The molecule has 0 aromatic rings. The van der Waals surface area contributed by atoms with E-state index < -0.39 is 57.0 Å². The first kappa shape index (κ1) is 27.7. The van der Waals surface area contributed by atoms with Gasteiger partial charge in [-0.2, -0.15) is 61.5 Å². The molecule has 0 bridgehead atoms. The minimum absolute atomic E-state index is 3.25. The third-order valence-electron chi connectivity index (χ3n) is 3.33. The number of rotatable bonds is 4. The largest absolute Gasteiger partial charge is 0.437 e. The Morgan fingerprint density at radius 3 is 0.862 bits per heavy atom. The third-order valence-corrected chi connectivity index (χ3v) is 4.35. The monoisotopic (exact) mass is 499 g/mol. The van der Waals surface area contributed by atoms with Crippen LogP contribution in [0.4, 0.5) is 74.6 Å². The first-order valence-electron chi connectivity index (χ1n) is 5.74. The molecule has 3 nitrogen and oxygen atoms in total. The molecule has 0 aromatic carbocycles. The van der Waals surface area contributed by atoms with Crippen molar-refractivity contribution < 1.29 is 83.1 Å². The maximum atomic E-state index is 13.7. The second-order valence-corrected chi connectivity index (χ2v) is 6.64. The van der Waals surface area contributed by atoms with Crippen LogP contribution in [0.15, 0.2) is 0 Å². The van der Waals surface area contributed by atoms with Crippen LogP contribution in [0, 0.1) is 5.41 Å². The molecule has 0 aliphatic heterocycles. The maximum absolute atomic E-state index is 13.7. The Morgan fingerprint density at radius 2 is 0.724 bits per heavy atom. The van der Waals surface area contributed by atoms with Gasteiger partial charge in [0.1, 0.15) is 0 Å². The Hall–Kier alpha value is -1.28. The summed E-state index contributed by atoms with van der Waals surface area (Å²) in [6.07, 6.45) is -34.3. The van der Waals surface area contributed by atoms with Gasteiger partial charge < -0.3 is 0 Å². The first-order valence-corrected chi connectivity index (χ1v) is 7.28. The molecule has 0 fully saturated rings. The summed E-state index contributed by atoms with van der Waals surface area (Å²) >= 11 is 0. The number of primary sulfonamides is 1. The zero-order chi connectivity index (χ0) is 24.5. The third kappa shape index (κ3) is 3.26. The molecular weight excluding hydrogens is 497 g/mol. The predicted molar refractivity (Wildman–Crippen MR) is 53.5 cm³/mol. The lowest BCUT2D eigenvalue weighted by Crippen LogP contribution is -2.81. The van der Waals surface area contributed by atoms with E-state index >= 15 is 0 Å². The average molecular weight is 499 g/mol. The van der Waals surface area contributed by atoms with Crippen molar-refractivity contribution in [2.45, 2.75) is 41.6 Å². The van der Waals surface area contributed by atoms with Crippen LogP contribution in [0.2, 0.25) is 0 Å². The lowest BCUT2D eigenvalue weighted by molar-refractivity contribution is -0.493. The maximum Gasteiger partial charge on any atom is 0.437 e. The van der Waals surface area contributed by atoms with Crippen LogP contribution in [0.1, 0.15) is 0 Å². The second-order valence-electron chi connectivity index (χ2n) is 5.04. The minimum Gasteiger partial charge on any atom is -0.223 e. The van der Waals surface area contributed by atoms with Crippen LogP contribution in [-0.4, -0.2) is 50.0 Å². The average Bonchev–Trinajstić information content (AvgIpc) is 2.28. The zero-order valence-corrected chi connectivity index (χ0v) is 13.0. The highest BCUT2D eigenvalue weighted by Crippen LogP contribution is 2.72. The molecule has 21 heteroatoms. The van der Waals surface area contributed by atoms with E-state index in [-0.39, 0.29) is 0 Å². The molecule has 0 rings (SSSR count). The van der Waals surface area contributed by atoms with Gasteiger partial charge in [0.15, 0.2) is 0 Å². The summed E-state index contributed by atoms with van der Waals surface area (Å²) in [5, 5.41) is -5.14. The Morgan fingerprint density at radius 1 is 0.483 bits per heavy atom. The predicted octanol–water partition coefficient (Wildman–Crippen LogP) is 4.45. The molecule has 0 aliphatic carbocycles. The van der Waals surface area contributed by atoms with Gasteiger partial charge in [0, 0.05) is 0 Å². The molecule has 0 radical (unpaired) electrons. The van der Waals surface area contributed by atoms with E-state index in [1.807, 2.05) is 0 Å². The van der Waals surface area contributed by atoms with Gasteiger partial charge >= 0.3 is 47.0 Å². The lowest BCUT2D eigenvalue weighted by atomic mass is 9.71. The molecule has 0 amide bonds. The van der Waals surface area contributed by atoms with Gasteiger partial charge in [0.05, 0.1) is 0 Å². The summed E-state index contributed by atoms with van der Waals surface area (Å²) in [6.45, 7) is 0. The highest BCUT2D eigenvalue weighted by molar-refractivity contribution is 7.90. The Labute approximate surface area is 146 Å². The van der Waals surface area contributed by atoms with E-state index in [9.17, 15) is 83.1 Å². The van der Waals surface area contributed by atoms with Gasteiger partial charge in [-0.1, -0.05) is 0 Å². The van der Waals surface area contributed by atoms with Crippen LogP contribution in [-0.2, 0) is 10.0 Å². The molecule has 0 aliphatic rings. The number of hydrogen-bond donors (Lipinski definition) is 1. The second kappa shape index (κ2) is 6.36. The first-order chi connectivity index (χ1) is 12.0. The molecule has 0 spiro atoms. The van der Waals surface area contributed by atoms with Crippen molar-refractivity contribution in [3.05, 3.63) is 0 Å². The number of halogens is 17. The van der Waals surface area contributed by atoms with E-state index in [0.29, 0.717) is 0 Å². The van der Waals surface area contributed by atoms with Crippen LogP contribution < -0.4 is 5.14 Å². The summed E-state index contributed by atoms with van der Waals surface area (Å²) in [6, 6.07) is 0. The summed E-state index contributed by atoms with van der Waals surface area (Å²) in [5.74, 6) is -9.33. The van der Waals surface area contributed by atoms with Gasteiger partial charge in [-0.25, -0.2) is 26.7 Å². The van der Waals surface area contributed by atoms with E-state index in [4.69, 9.17) is 0 Å².